The molecule has 27 heavy (non-hydrogen) atoms. The fourth-order valence-corrected chi connectivity index (χ4v) is 4.54. The lowest BCUT2D eigenvalue weighted by Gasteiger charge is -2.10. The largest absolute Gasteiger partial charge is 0.462 e. The molecule has 7 nitrogen and oxygen atoms in total. The number of hydrogen-bond acceptors (Lipinski definition) is 6. The van der Waals surface area contributed by atoms with E-state index in [1.54, 1.807) is 0 Å². The molecular weight excluding hydrogens is 366 g/mol. The van der Waals surface area contributed by atoms with E-state index in [1.807, 2.05) is 0 Å². The summed E-state index contributed by atoms with van der Waals surface area (Å²) in [4.78, 5) is 16.3. The fraction of sp³-hybridized carbons (Fsp3) is 0.526. The molecule has 0 aliphatic heterocycles. The van der Waals surface area contributed by atoms with E-state index in [0.29, 0.717) is 23.9 Å². The van der Waals surface area contributed by atoms with Crippen LogP contribution in [0.5, 0.6) is 0 Å². The van der Waals surface area contributed by atoms with Crippen molar-refractivity contribution in [2.75, 3.05) is 6.61 Å². The van der Waals surface area contributed by atoms with E-state index in [1.165, 1.54) is 56.3 Å². The van der Waals surface area contributed by atoms with Gasteiger partial charge in [0.15, 0.2) is 5.82 Å². The minimum absolute atomic E-state index is 0.0669. The predicted molar refractivity (Wildman–Crippen MR) is 97.9 cm³/mol. The summed E-state index contributed by atoms with van der Waals surface area (Å²) in [5, 5.41) is 4.08. The van der Waals surface area contributed by atoms with Crippen LogP contribution in [0.25, 0.3) is 0 Å². The van der Waals surface area contributed by atoms with Crippen molar-refractivity contribution in [2.24, 2.45) is 5.92 Å². The number of esters is 1. The fourth-order valence-electron chi connectivity index (χ4n) is 3.48. The van der Waals surface area contributed by atoms with Crippen LogP contribution in [0.3, 0.4) is 0 Å². The van der Waals surface area contributed by atoms with Crippen LogP contribution in [0, 0.1) is 5.92 Å². The molecule has 1 heterocycles. The summed E-state index contributed by atoms with van der Waals surface area (Å²) in [7, 11) is -3.80. The van der Waals surface area contributed by atoms with Gasteiger partial charge in [0.1, 0.15) is 6.33 Å². The summed E-state index contributed by atoms with van der Waals surface area (Å²) >= 11 is 0. The Balaban J connectivity index is 1.38. The van der Waals surface area contributed by atoms with Gasteiger partial charge in [-0.15, -0.1) is 9.19 Å². The van der Waals surface area contributed by atoms with Crippen LogP contribution < -0.4 is 0 Å². The Bertz CT molecular complexity index is 911. The summed E-state index contributed by atoms with van der Waals surface area (Å²) < 4.78 is 31.5. The summed E-state index contributed by atoms with van der Waals surface area (Å²) in [6.45, 7) is 0.409. The van der Waals surface area contributed by atoms with E-state index in [0.717, 1.165) is 23.3 Å². The maximum absolute atomic E-state index is 12.6. The lowest BCUT2D eigenvalue weighted by Crippen LogP contribution is -2.14. The number of carbonyl (C=O) groups is 1. The lowest BCUT2D eigenvalue weighted by atomic mass is 10.1. The molecule has 0 spiro atoms. The quantitative estimate of drug-likeness (QED) is 0.676. The molecule has 2 saturated carbocycles. The molecule has 0 saturated heterocycles. The Hall–Kier alpha value is -2.22. The SMILES string of the molecule is O=C(OCCC1CCCC1)c1ccc(S(=O)(=O)n2cnc(C3CC3)n2)cc1. The molecule has 0 atom stereocenters. The molecule has 8 heteroatoms. The first-order valence-corrected chi connectivity index (χ1v) is 10.9. The van der Waals surface area contributed by atoms with Crippen LogP contribution in [0.2, 0.25) is 0 Å². The molecular formula is C19H23N3O4S. The zero-order valence-corrected chi connectivity index (χ0v) is 15.9. The van der Waals surface area contributed by atoms with E-state index in [9.17, 15) is 13.2 Å². The molecule has 2 aromatic rings. The minimum atomic E-state index is -3.80. The first-order chi connectivity index (χ1) is 13.0. The third kappa shape index (κ3) is 4.05. The number of benzene rings is 1. The number of hydrogen-bond donors (Lipinski definition) is 0. The van der Waals surface area contributed by atoms with Gasteiger partial charge in [-0.25, -0.2) is 9.78 Å². The van der Waals surface area contributed by atoms with Gasteiger partial charge in [0, 0.05) is 5.92 Å². The smallest absolute Gasteiger partial charge is 0.338 e. The van der Waals surface area contributed by atoms with Crippen molar-refractivity contribution < 1.29 is 17.9 Å². The number of ether oxygens (including phenoxy) is 1. The molecule has 0 radical (unpaired) electrons. The van der Waals surface area contributed by atoms with E-state index >= 15 is 0 Å². The average molecular weight is 389 g/mol. The van der Waals surface area contributed by atoms with Crippen molar-refractivity contribution in [2.45, 2.75) is 55.8 Å². The molecule has 1 aromatic carbocycles. The van der Waals surface area contributed by atoms with Crippen molar-refractivity contribution in [3.05, 3.63) is 42.0 Å². The predicted octanol–water partition coefficient (Wildman–Crippen LogP) is 3.13. The first-order valence-electron chi connectivity index (χ1n) is 9.48. The molecule has 0 unspecified atom stereocenters. The molecule has 2 aliphatic rings. The van der Waals surface area contributed by atoms with Gasteiger partial charge in [0.2, 0.25) is 0 Å². The third-order valence-corrected chi connectivity index (χ3v) is 6.84. The van der Waals surface area contributed by atoms with Crippen LogP contribution in [0.4, 0.5) is 0 Å². The summed E-state index contributed by atoms with van der Waals surface area (Å²) in [5.41, 5.74) is 0.345. The highest BCUT2D eigenvalue weighted by Crippen LogP contribution is 2.37. The zero-order valence-electron chi connectivity index (χ0n) is 15.1. The van der Waals surface area contributed by atoms with E-state index in [4.69, 9.17) is 4.74 Å². The summed E-state index contributed by atoms with van der Waals surface area (Å²) in [6, 6.07) is 5.76. The standard InChI is InChI=1S/C19H23N3O4S/c23-19(26-12-11-14-3-1-2-4-14)16-7-9-17(10-8-16)27(24,25)22-13-20-18(21-22)15-5-6-15/h7-10,13-15H,1-6,11-12H2. The molecule has 0 amide bonds. The highest BCUT2D eigenvalue weighted by Gasteiger charge is 2.29. The van der Waals surface area contributed by atoms with E-state index in [2.05, 4.69) is 10.1 Å². The topological polar surface area (TPSA) is 91.2 Å². The molecule has 0 N–H and O–H groups in total. The van der Waals surface area contributed by atoms with Gasteiger partial charge in [-0.05, 0) is 49.4 Å². The van der Waals surface area contributed by atoms with Crippen molar-refractivity contribution in [3.8, 4) is 0 Å². The van der Waals surface area contributed by atoms with Crippen molar-refractivity contribution >= 4 is 16.0 Å². The van der Waals surface area contributed by atoms with Gasteiger partial charge in [-0.1, -0.05) is 25.7 Å². The number of nitrogens with zero attached hydrogens (tertiary/aromatic N) is 3. The first kappa shape index (κ1) is 18.2. The monoisotopic (exact) mass is 389 g/mol. The van der Waals surface area contributed by atoms with E-state index < -0.39 is 16.0 Å². The molecule has 2 fully saturated rings. The maximum atomic E-state index is 12.6. The van der Waals surface area contributed by atoms with E-state index in [-0.39, 0.29) is 10.8 Å². The van der Waals surface area contributed by atoms with Gasteiger partial charge in [0.25, 0.3) is 10.0 Å². The van der Waals surface area contributed by atoms with Gasteiger partial charge in [-0.2, -0.15) is 8.42 Å². The average Bonchev–Trinajstić information content (AvgIpc) is 3.17. The Labute approximate surface area is 158 Å². The molecule has 4 rings (SSSR count). The summed E-state index contributed by atoms with van der Waals surface area (Å²) in [6.07, 6.45) is 9.10. The highest BCUT2D eigenvalue weighted by atomic mass is 32.2. The Morgan fingerprint density at radius 1 is 1.11 bits per heavy atom. The number of rotatable bonds is 7. The van der Waals surface area contributed by atoms with Crippen LogP contribution >= 0.6 is 0 Å². The molecule has 144 valence electrons. The summed E-state index contributed by atoms with van der Waals surface area (Å²) in [5.74, 6) is 1.09. The van der Waals surface area contributed by atoms with Crippen LogP contribution in [-0.2, 0) is 14.8 Å². The van der Waals surface area contributed by atoms with Gasteiger partial charge < -0.3 is 4.74 Å². The van der Waals surface area contributed by atoms with Gasteiger partial charge in [-0.3, -0.25) is 0 Å². The minimum Gasteiger partial charge on any atom is -0.462 e. The Kier molecular flexibility index (Phi) is 4.99. The van der Waals surface area contributed by atoms with Gasteiger partial charge >= 0.3 is 5.97 Å². The van der Waals surface area contributed by atoms with Crippen LogP contribution in [0.1, 0.15) is 67.0 Å². The Morgan fingerprint density at radius 2 is 1.81 bits per heavy atom. The number of aromatic nitrogens is 3. The number of carbonyl (C=O) groups excluding carboxylic acids is 1. The normalized spacial score (nSPS) is 17.9. The van der Waals surface area contributed by atoms with Gasteiger partial charge in [0.05, 0.1) is 17.1 Å². The Morgan fingerprint density at radius 3 is 2.48 bits per heavy atom. The highest BCUT2D eigenvalue weighted by molar-refractivity contribution is 7.89. The maximum Gasteiger partial charge on any atom is 0.338 e. The van der Waals surface area contributed by atoms with Crippen LogP contribution in [-0.4, -0.2) is 35.2 Å². The van der Waals surface area contributed by atoms with Crippen LogP contribution in [0.15, 0.2) is 35.5 Å². The van der Waals surface area contributed by atoms with Crippen molar-refractivity contribution in [3.63, 3.8) is 0 Å². The molecule has 1 aromatic heterocycles. The lowest BCUT2D eigenvalue weighted by molar-refractivity contribution is 0.0483. The van der Waals surface area contributed by atoms with Crippen molar-refractivity contribution in [1.29, 1.82) is 0 Å². The second-order valence-electron chi connectivity index (χ2n) is 7.35. The second-order valence-corrected chi connectivity index (χ2v) is 9.15. The molecule has 0 bridgehead atoms. The zero-order chi connectivity index (χ0) is 18.9. The third-order valence-electron chi connectivity index (χ3n) is 5.30. The van der Waals surface area contributed by atoms with Crippen molar-refractivity contribution in [1.82, 2.24) is 14.2 Å². The molecule has 2 aliphatic carbocycles. The second kappa shape index (κ2) is 7.42.